The second-order valence-corrected chi connectivity index (χ2v) is 7.69. The van der Waals surface area contributed by atoms with Crippen molar-refractivity contribution >= 4 is 34.9 Å². The number of carbonyl (C=O) groups is 2. The molecule has 0 spiro atoms. The molecule has 0 unspecified atom stereocenters. The first-order valence-corrected chi connectivity index (χ1v) is 9.34. The van der Waals surface area contributed by atoms with E-state index in [1.54, 1.807) is 42.5 Å². The van der Waals surface area contributed by atoms with Gasteiger partial charge in [-0.05, 0) is 36.1 Å². The minimum absolute atomic E-state index is 0.0343. The number of carbonyl (C=O) groups excluding carboxylic acids is 2. The summed E-state index contributed by atoms with van der Waals surface area (Å²) in [7, 11) is 0. The fourth-order valence-corrected chi connectivity index (χ4v) is 3.56. The van der Waals surface area contributed by atoms with Crippen molar-refractivity contribution in [2.75, 3.05) is 13.2 Å². The molecule has 8 heteroatoms. The molecule has 3 amide bonds. The lowest BCUT2D eigenvalue weighted by atomic mass is 9.92. The normalized spacial score (nSPS) is 21.1. The van der Waals surface area contributed by atoms with Gasteiger partial charge >= 0.3 is 6.03 Å². The van der Waals surface area contributed by atoms with E-state index in [9.17, 15) is 14.7 Å². The average molecular weight is 395 g/mol. The van der Waals surface area contributed by atoms with E-state index in [0.717, 1.165) is 9.78 Å². The number of amides is 3. The molecular weight excluding hydrogens is 376 g/mol. The van der Waals surface area contributed by atoms with Crippen molar-refractivity contribution in [3.05, 3.63) is 57.2 Å². The van der Waals surface area contributed by atoms with E-state index in [0.29, 0.717) is 17.2 Å². The topological polar surface area (TPSA) is 78.9 Å². The van der Waals surface area contributed by atoms with Gasteiger partial charge in [-0.1, -0.05) is 29.8 Å². The molecule has 0 aliphatic carbocycles. The maximum Gasteiger partial charge on any atom is 0.325 e. The number of aliphatic hydroxyl groups is 1. The Balaban J connectivity index is 1.60. The number of hydrogen-bond donors (Lipinski definition) is 2. The van der Waals surface area contributed by atoms with Gasteiger partial charge in [0.25, 0.3) is 5.91 Å². The van der Waals surface area contributed by atoms with Crippen molar-refractivity contribution < 1.29 is 19.4 Å². The van der Waals surface area contributed by atoms with E-state index in [-0.39, 0.29) is 13.2 Å². The summed E-state index contributed by atoms with van der Waals surface area (Å²) in [6.45, 7) is 1.93. The van der Waals surface area contributed by atoms with E-state index in [1.165, 1.54) is 0 Å². The molecular formula is C18H19ClN2O4S. The molecule has 26 heavy (non-hydrogen) atoms. The molecule has 1 aromatic carbocycles. The van der Waals surface area contributed by atoms with Crippen LogP contribution in [0.25, 0.3) is 0 Å². The Bertz CT molecular complexity index is 781. The van der Waals surface area contributed by atoms with Crippen molar-refractivity contribution in [2.24, 2.45) is 0 Å². The van der Waals surface area contributed by atoms with E-state index < -0.39 is 23.6 Å². The first-order chi connectivity index (χ1) is 12.4. The molecule has 1 aliphatic heterocycles. The number of β-amino-alcohol motifs (C(OH)–C–C–N with tert-alkyl or cyclic N) is 1. The number of hydrogen-bond acceptors (Lipinski definition) is 5. The lowest BCUT2D eigenvalue weighted by Gasteiger charge is -2.23. The molecule has 2 aromatic rings. The number of nitrogens with zero attached hydrogens (tertiary/aromatic N) is 1. The summed E-state index contributed by atoms with van der Waals surface area (Å²) >= 11 is 7.44. The first kappa shape index (κ1) is 18.8. The van der Waals surface area contributed by atoms with Gasteiger partial charge in [-0.3, -0.25) is 9.69 Å². The molecule has 0 radical (unpaired) electrons. The van der Waals surface area contributed by atoms with Crippen molar-refractivity contribution in [3.63, 3.8) is 0 Å². The zero-order chi connectivity index (χ0) is 18.7. The van der Waals surface area contributed by atoms with Gasteiger partial charge in [0.1, 0.15) is 5.54 Å². The molecule has 1 fully saturated rings. The van der Waals surface area contributed by atoms with Gasteiger partial charge in [-0.15, -0.1) is 11.3 Å². The summed E-state index contributed by atoms with van der Waals surface area (Å²) in [5.41, 5.74) is -0.551. The summed E-state index contributed by atoms with van der Waals surface area (Å²) in [4.78, 5) is 27.1. The van der Waals surface area contributed by atoms with Crippen LogP contribution in [0.1, 0.15) is 17.4 Å². The quantitative estimate of drug-likeness (QED) is 0.708. The van der Waals surface area contributed by atoms with Gasteiger partial charge in [0.05, 0.1) is 25.9 Å². The smallest absolute Gasteiger partial charge is 0.325 e. The monoisotopic (exact) mass is 394 g/mol. The van der Waals surface area contributed by atoms with Crippen molar-refractivity contribution in [1.82, 2.24) is 10.2 Å². The largest absolute Gasteiger partial charge is 0.389 e. The summed E-state index contributed by atoms with van der Waals surface area (Å²) in [5, 5.41) is 15.3. The molecule has 0 bridgehead atoms. The highest BCUT2D eigenvalue weighted by atomic mass is 35.5. The third-order valence-corrected chi connectivity index (χ3v) is 5.33. The highest BCUT2D eigenvalue weighted by Gasteiger charge is 2.49. The summed E-state index contributed by atoms with van der Waals surface area (Å²) < 4.78 is 5.45. The summed E-state index contributed by atoms with van der Waals surface area (Å²) in [6, 6.07) is 10.0. The highest BCUT2D eigenvalue weighted by molar-refractivity contribution is 7.09. The van der Waals surface area contributed by atoms with Gasteiger partial charge in [0.2, 0.25) is 0 Å². The van der Waals surface area contributed by atoms with Gasteiger partial charge in [-0.25, -0.2) is 4.79 Å². The molecule has 2 atom stereocenters. The van der Waals surface area contributed by atoms with Crippen LogP contribution in [-0.2, 0) is 21.7 Å². The third-order valence-electron chi connectivity index (χ3n) is 4.22. The van der Waals surface area contributed by atoms with Crippen molar-refractivity contribution in [2.45, 2.75) is 25.2 Å². The molecule has 2 N–H and O–H groups in total. The van der Waals surface area contributed by atoms with Crippen LogP contribution < -0.4 is 5.32 Å². The van der Waals surface area contributed by atoms with E-state index in [2.05, 4.69) is 5.32 Å². The zero-order valence-electron chi connectivity index (χ0n) is 14.1. The van der Waals surface area contributed by atoms with Gasteiger partial charge in [-0.2, -0.15) is 0 Å². The second kappa shape index (κ2) is 7.75. The number of imide groups is 1. The fourth-order valence-electron chi connectivity index (χ4n) is 2.80. The standard InChI is InChI=1S/C18H19ClN2O4S/c1-18(12-4-6-13(19)7-5-12)16(23)21(17(24)20-18)9-14(22)10-25-11-15-3-2-8-26-15/h2-8,14,22H,9-11H2,1H3,(H,20,24)/t14-,18-/m1/s1. The minimum atomic E-state index is -1.18. The van der Waals surface area contributed by atoms with Crippen LogP contribution in [0.3, 0.4) is 0 Å². The molecule has 1 aliphatic rings. The van der Waals surface area contributed by atoms with Gasteiger partial charge in [0, 0.05) is 9.90 Å². The van der Waals surface area contributed by atoms with E-state index >= 15 is 0 Å². The number of thiophene rings is 1. The van der Waals surface area contributed by atoms with Crippen molar-refractivity contribution in [1.29, 1.82) is 0 Å². The maximum absolute atomic E-state index is 12.8. The van der Waals surface area contributed by atoms with Crippen LogP contribution in [0, 0.1) is 0 Å². The molecule has 6 nitrogen and oxygen atoms in total. The molecule has 0 saturated carbocycles. The SMILES string of the molecule is C[C@]1(c2ccc(Cl)cc2)NC(=O)N(C[C@@H](O)COCc2cccs2)C1=O. The second-order valence-electron chi connectivity index (χ2n) is 6.23. The Labute approximate surface area is 160 Å². The Morgan fingerprint density at radius 1 is 1.31 bits per heavy atom. The van der Waals surface area contributed by atoms with Gasteiger partial charge in [0.15, 0.2) is 0 Å². The number of urea groups is 1. The molecule has 1 aromatic heterocycles. The number of benzene rings is 1. The Morgan fingerprint density at radius 3 is 2.69 bits per heavy atom. The highest BCUT2D eigenvalue weighted by Crippen LogP contribution is 2.29. The molecule has 1 saturated heterocycles. The van der Waals surface area contributed by atoms with Gasteiger partial charge < -0.3 is 15.2 Å². The minimum Gasteiger partial charge on any atom is -0.389 e. The van der Waals surface area contributed by atoms with Crippen molar-refractivity contribution in [3.8, 4) is 0 Å². The Morgan fingerprint density at radius 2 is 2.04 bits per heavy atom. The van der Waals surface area contributed by atoms with Crippen LogP contribution in [0.5, 0.6) is 0 Å². The number of aliphatic hydroxyl groups excluding tert-OH is 1. The number of rotatable bonds is 7. The number of halogens is 1. The lowest BCUT2D eigenvalue weighted by Crippen LogP contribution is -2.42. The average Bonchev–Trinajstić information content (AvgIpc) is 3.19. The summed E-state index contributed by atoms with van der Waals surface area (Å²) in [5.74, 6) is -0.415. The Hall–Kier alpha value is -1.93. The predicted molar refractivity (Wildman–Crippen MR) is 99.0 cm³/mol. The summed E-state index contributed by atoms with van der Waals surface area (Å²) in [6.07, 6.45) is -0.961. The van der Waals surface area contributed by atoms with Crippen LogP contribution in [0.4, 0.5) is 4.79 Å². The maximum atomic E-state index is 12.8. The number of ether oxygens (including phenoxy) is 1. The zero-order valence-corrected chi connectivity index (χ0v) is 15.7. The third kappa shape index (κ3) is 3.91. The molecule has 2 heterocycles. The van der Waals surface area contributed by atoms with Crippen LogP contribution in [0.15, 0.2) is 41.8 Å². The van der Waals surface area contributed by atoms with E-state index in [1.807, 2.05) is 17.5 Å². The van der Waals surface area contributed by atoms with E-state index in [4.69, 9.17) is 16.3 Å². The van der Waals surface area contributed by atoms with Crippen LogP contribution in [0.2, 0.25) is 5.02 Å². The Kier molecular flexibility index (Phi) is 5.62. The van der Waals surface area contributed by atoms with Crippen LogP contribution >= 0.6 is 22.9 Å². The predicted octanol–water partition coefficient (Wildman–Crippen LogP) is 2.75. The molecule has 138 valence electrons. The lowest BCUT2D eigenvalue weighted by molar-refractivity contribution is -0.132. The molecule has 3 rings (SSSR count). The first-order valence-electron chi connectivity index (χ1n) is 8.08. The fraction of sp³-hybridized carbons (Fsp3) is 0.333. The number of nitrogens with one attached hydrogen (secondary N) is 1. The van der Waals surface area contributed by atoms with Crippen LogP contribution in [-0.4, -0.2) is 41.2 Å².